The summed E-state index contributed by atoms with van der Waals surface area (Å²) in [5.74, 6) is 1.39. The van der Waals surface area contributed by atoms with Gasteiger partial charge in [-0.3, -0.25) is 0 Å². The topological polar surface area (TPSA) is 23.5 Å². The summed E-state index contributed by atoms with van der Waals surface area (Å²) in [6.45, 7) is 4.58. The minimum atomic E-state index is -0.0429. The summed E-state index contributed by atoms with van der Waals surface area (Å²) in [5, 5.41) is 10.1. The van der Waals surface area contributed by atoms with Crippen LogP contribution >= 0.6 is 0 Å². The fourth-order valence-electron chi connectivity index (χ4n) is 3.31. The zero-order chi connectivity index (χ0) is 10.3. The minimum Gasteiger partial charge on any atom is -0.393 e. The Labute approximate surface area is 87.3 Å². The van der Waals surface area contributed by atoms with Crippen molar-refractivity contribution in [2.24, 2.45) is 11.8 Å². The first kappa shape index (κ1) is 10.4. The highest BCUT2D eigenvalue weighted by Crippen LogP contribution is 2.39. The smallest absolute Gasteiger partial charge is 0.0598 e. The van der Waals surface area contributed by atoms with Crippen molar-refractivity contribution in [1.29, 1.82) is 0 Å². The zero-order valence-corrected chi connectivity index (χ0v) is 9.61. The molecule has 2 fully saturated rings. The van der Waals surface area contributed by atoms with Crippen molar-refractivity contribution in [2.75, 3.05) is 7.05 Å². The Kier molecular flexibility index (Phi) is 2.85. The number of piperidine rings is 1. The predicted octanol–water partition coefficient (Wildman–Crippen LogP) is 1.88. The first-order valence-electron chi connectivity index (χ1n) is 5.99. The number of aliphatic hydroxyl groups excluding tert-OH is 1. The number of likely N-dealkylation sites (tertiary alicyclic amines) is 1. The molecule has 0 aromatic rings. The van der Waals surface area contributed by atoms with Crippen LogP contribution in [0.15, 0.2) is 0 Å². The highest BCUT2D eigenvalue weighted by atomic mass is 16.3. The second-order valence-corrected chi connectivity index (χ2v) is 5.47. The molecule has 2 heteroatoms. The Hall–Kier alpha value is -0.0800. The summed E-state index contributed by atoms with van der Waals surface area (Å²) in [6.07, 6.45) is 4.73. The van der Waals surface area contributed by atoms with Gasteiger partial charge in [0.1, 0.15) is 0 Å². The molecule has 2 nitrogen and oxygen atoms in total. The molecule has 14 heavy (non-hydrogen) atoms. The van der Waals surface area contributed by atoms with Crippen LogP contribution in [0.2, 0.25) is 0 Å². The van der Waals surface area contributed by atoms with Crippen molar-refractivity contribution < 1.29 is 5.11 Å². The maximum Gasteiger partial charge on any atom is 0.0598 e. The standard InChI is InChI=1S/C12H23NO/c1-8-4-5-10-11(6-8)13(3)9(2)7-12(10)14/h8-12,14H,4-7H2,1-3H3/t8-,9-,10-,11-,12-/m0/s1. The van der Waals surface area contributed by atoms with Crippen molar-refractivity contribution >= 4 is 0 Å². The van der Waals surface area contributed by atoms with E-state index in [1.165, 1.54) is 19.3 Å². The average molecular weight is 197 g/mol. The van der Waals surface area contributed by atoms with E-state index < -0.39 is 0 Å². The molecular formula is C12H23NO. The van der Waals surface area contributed by atoms with Gasteiger partial charge in [0.2, 0.25) is 0 Å². The van der Waals surface area contributed by atoms with Gasteiger partial charge in [-0.2, -0.15) is 0 Å². The maximum atomic E-state index is 10.1. The number of hydrogen-bond acceptors (Lipinski definition) is 2. The SMILES string of the molecule is C[C@H]1CC[C@@H]2[C@@H](O)C[C@H](C)N(C)[C@H]2C1. The van der Waals surface area contributed by atoms with Gasteiger partial charge in [0, 0.05) is 18.0 Å². The first-order valence-corrected chi connectivity index (χ1v) is 5.99. The van der Waals surface area contributed by atoms with E-state index in [9.17, 15) is 5.11 Å². The lowest BCUT2D eigenvalue weighted by Crippen LogP contribution is -2.55. The average Bonchev–Trinajstić information content (AvgIpc) is 2.14. The summed E-state index contributed by atoms with van der Waals surface area (Å²) < 4.78 is 0. The van der Waals surface area contributed by atoms with Crippen LogP contribution in [0.1, 0.15) is 39.5 Å². The second kappa shape index (κ2) is 3.82. The van der Waals surface area contributed by atoms with Crippen LogP contribution in [-0.2, 0) is 0 Å². The van der Waals surface area contributed by atoms with Crippen LogP contribution in [0, 0.1) is 11.8 Å². The molecule has 1 saturated carbocycles. The van der Waals surface area contributed by atoms with Crippen molar-refractivity contribution in [3.8, 4) is 0 Å². The molecule has 2 rings (SSSR count). The molecule has 0 radical (unpaired) electrons. The van der Waals surface area contributed by atoms with Gasteiger partial charge in [-0.15, -0.1) is 0 Å². The largest absolute Gasteiger partial charge is 0.393 e. The second-order valence-electron chi connectivity index (χ2n) is 5.47. The molecule has 0 amide bonds. The third-order valence-corrected chi connectivity index (χ3v) is 4.43. The van der Waals surface area contributed by atoms with Crippen molar-refractivity contribution in [1.82, 2.24) is 4.90 Å². The molecule has 1 heterocycles. The van der Waals surface area contributed by atoms with Gasteiger partial charge in [0.25, 0.3) is 0 Å². The zero-order valence-electron chi connectivity index (χ0n) is 9.61. The maximum absolute atomic E-state index is 10.1. The summed E-state index contributed by atoms with van der Waals surface area (Å²) >= 11 is 0. The van der Waals surface area contributed by atoms with E-state index in [1.54, 1.807) is 0 Å². The van der Waals surface area contributed by atoms with Gasteiger partial charge in [-0.25, -0.2) is 0 Å². The van der Waals surface area contributed by atoms with E-state index in [2.05, 4.69) is 25.8 Å². The molecule has 0 aromatic heterocycles. The van der Waals surface area contributed by atoms with Gasteiger partial charge in [-0.05, 0) is 39.2 Å². The molecule has 82 valence electrons. The molecule has 0 unspecified atom stereocenters. The van der Waals surface area contributed by atoms with Crippen LogP contribution in [-0.4, -0.2) is 35.2 Å². The Morgan fingerprint density at radius 2 is 1.86 bits per heavy atom. The van der Waals surface area contributed by atoms with Gasteiger partial charge in [-0.1, -0.05) is 13.3 Å². The molecule has 0 aromatic carbocycles. The molecular weight excluding hydrogens is 174 g/mol. The van der Waals surface area contributed by atoms with Gasteiger partial charge in [0.05, 0.1) is 6.10 Å². The van der Waals surface area contributed by atoms with Crippen molar-refractivity contribution in [2.45, 2.75) is 57.7 Å². The van der Waals surface area contributed by atoms with Gasteiger partial charge >= 0.3 is 0 Å². The molecule has 0 bridgehead atoms. The van der Waals surface area contributed by atoms with Gasteiger partial charge < -0.3 is 10.0 Å². The Morgan fingerprint density at radius 3 is 2.57 bits per heavy atom. The van der Waals surface area contributed by atoms with E-state index in [1.807, 2.05) is 0 Å². The van der Waals surface area contributed by atoms with Crippen LogP contribution in [0.4, 0.5) is 0 Å². The van der Waals surface area contributed by atoms with E-state index in [4.69, 9.17) is 0 Å². The number of hydrogen-bond donors (Lipinski definition) is 1. The fraction of sp³-hybridized carbons (Fsp3) is 1.00. The lowest BCUT2D eigenvalue weighted by atomic mass is 9.72. The van der Waals surface area contributed by atoms with Crippen LogP contribution in [0.25, 0.3) is 0 Å². The lowest BCUT2D eigenvalue weighted by Gasteiger charge is -2.49. The third-order valence-electron chi connectivity index (χ3n) is 4.43. The monoisotopic (exact) mass is 197 g/mol. The molecule has 0 spiro atoms. The Bertz CT molecular complexity index is 206. The number of nitrogens with zero attached hydrogens (tertiary/aromatic N) is 1. The summed E-state index contributed by atoms with van der Waals surface area (Å²) in [4.78, 5) is 2.49. The molecule has 5 atom stereocenters. The molecule has 1 N–H and O–H groups in total. The van der Waals surface area contributed by atoms with Crippen molar-refractivity contribution in [3.63, 3.8) is 0 Å². The molecule has 1 aliphatic heterocycles. The summed E-state index contributed by atoms with van der Waals surface area (Å²) in [7, 11) is 2.23. The normalized spacial score (nSPS) is 50.1. The number of fused-ring (bicyclic) bond motifs is 1. The minimum absolute atomic E-state index is 0.0429. The quantitative estimate of drug-likeness (QED) is 0.641. The van der Waals surface area contributed by atoms with E-state index in [0.29, 0.717) is 18.0 Å². The molecule has 1 aliphatic carbocycles. The van der Waals surface area contributed by atoms with Crippen molar-refractivity contribution in [3.05, 3.63) is 0 Å². The Balaban J connectivity index is 2.11. The third kappa shape index (κ3) is 1.70. The molecule has 1 saturated heterocycles. The van der Waals surface area contributed by atoms with E-state index >= 15 is 0 Å². The fourth-order valence-corrected chi connectivity index (χ4v) is 3.31. The van der Waals surface area contributed by atoms with Crippen LogP contribution in [0.3, 0.4) is 0 Å². The van der Waals surface area contributed by atoms with Gasteiger partial charge in [0.15, 0.2) is 0 Å². The van der Waals surface area contributed by atoms with E-state index in [-0.39, 0.29) is 6.10 Å². The Morgan fingerprint density at radius 1 is 1.14 bits per heavy atom. The van der Waals surface area contributed by atoms with Crippen LogP contribution in [0.5, 0.6) is 0 Å². The number of aliphatic hydroxyl groups is 1. The number of rotatable bonds is 0. The summed E-state index contributed by atoms with van der Waals surface area (Å²) in [6, 6.07) is 1.19. The highest BCUT2D eigenvalue weighted by molar-refractivity contribution is 4.95. The highest BCUT2D eigenvalue weighted by Gasteiger charge is 2.41. The summed E-state index contributed by atoms with van der Waals surface area (Å²) in [5.41, 5.74) is 0. The van der Waals surface area contributed by atoms with Crippen LogP contribution < -0.4 is 0 Å². The molecule has 2 aliphatic rings. The first-order chi connectivity index (χ1) is 6.59. The van der Waals surface area contributed by atoms with E-state index in [0.717, 1.165) is 12.3 Å². The lowest BCUT2D eigenvalue weighted by molar-refractivity contribution is -0.0586. The predicted molar refractivity (Wildman–Crippen MR) is 58.1 cm³/mol.